The molecule has 0 saturated carbocycles. The number of unbranched alkanes of at least 4 members (excludes halogenated alkanes) is 5. The first-order valence-corrected chi connectivity index (χ1v) is 6.29. The van der Waals surface area contributed by atoms with Gasteiger partial charge in [0.05, 0.1) is 0 Å². The topological polar surface area (TPSA) is 17.1 Å². The Labute approximate surface area is 93.2 Å². The van der Waals surface area contributed by atoms with Gasteiger partial charge in [-0.15, -0.1) is 0 Å². The van der Waals surface area contributed by atoms with Crippen molar-refractivity contribution in [2.75, 3.05) is 0 Å². The van der Waals surface area contributed by atoms with Crippen molar-refractivity contribution in [3.63, 3.8) is 0 Å². The Balaban J connectivity index is 3.29. The van der Waals surface area contributed by atoms with Gasteiger partial charge in [0.1, 0.15) is 0 Å². The molecule has 0 aliphatic rings. The van der Waals surface area contributed by atoms with Crippen LogP contribution in [-0.2, 0) is 4.79 Å². The van der Waals surface area contributed by atoms with Crippen LogP contribution in [0.1, 0.15) is 65.2 Å². The number of halogens is 1. The highest BCUT2D eigenvalue weighted by Gasteiger charge is 2.12. The number of carbonyl (C=O) groups excluding carboxylic acids is 1. The van der Waals surface area contributed by atoms with Gasteiger partial charge in [-0.25, -0.2) is 0 Å². The van der Waals surface area contributed by atoms with E-state index in [2.05, 4.69) is 6.92 Å². The van der Waals surface area contributed by atoms with Crippen LogP contribution in [0.25, 0.3) is 0 Å². The van der Waals surface area contributed by atoms with Gasteiger partial charge >= 0.3 is 0 Å². The van der Waals surface area contributed by atoms with E-state index in [0.29, 0.717) is 0 Å². The summed E-state index contributed by atoms with van der Waals surface area (Å²) in [7, 11) is 0. The Morgan fingerprint density at radius 2 is 1.64 bits per heavy atom. The predicted molar refractivity (Wildman–Crippen MR) is 62.6 cm³/mol. The summed E-state index contributed by atoms with van der Waals surface area (Å²) >= 11 is 5.47. The molecule has 0 heterocycles. The highest BCUT2D eigenvalue weighted by molar-refractivity contribution is 6.63. The summed E-state index contributed by atoms with van der Waals surface area (Å²) in [6.07, 6.45) is 9.54. The van der Waals surface area contributed by atoms with Crippen molar-refractivity contribution in [1.29, 1.82) is 0 Å². The Morgan fingerprint density at radius 3 is 2.14 bits per heavy atom. The van der Waals surface area contributed by atoms with E-state index in [1.165, 1.54) is 32.1 Å². The smallest absolute Gasteiger partial charge is 0.224 e. The van der Waals surface area contributed by atoms with E-state index in [1.54, 1.807) is 0 Å². The summed E-state index contributed by atoms with van der Waals surface area (Å²) in [5.41, 5.74) is 0. The van der Waals surface area contributed by atoms with Gasteiger partial charge in [0, 0.05) is 5.92 Å². The summed E-state index contributed by atoms with van der Waals surface area (Å²) in [5.74, 6) is 0.0999. The van der Waals surface area contributed by atoms with Crippen molar-refractivity contribution in [1.82, 2.24) is 0 Å². The molecule has 0 aliphatic carbocycles. The predicted octanol–water partition coefficient (Wildman–Crippen LogP) is 4.53. The van der Waals surface area contributed by atoms with Gasteiger partial charge in [0.15, 0.2) is 0 Å². The van der Waals surface area contributed by atoms with Gasteiger partial charge in [-0.3, -0.25) is 4.79 Å². The average Bonchev–Trinajstić information content (AvgIpc) is 2.16. The summed E-state index contributed by atoms with van der Waals surface area (Å²) < 4.78 is 0. The molecule has 2 heteroatoms. The van der Waals surface area contributed by atoms with Crippen molar-refractivity contribution >= 4 is 16.8 Å². The van der Waals surface area contributed by atoms with Crippen LogP contribution >= 0.6 is 11.6 Å². The molecule has 0 fully saturated rings. The molecule has 1 unspecified atom stereocenters. The minimum absolute atomic E-state index is 0.0999. The summed E-state index contributed by atoms with van der Waals surface area (Å²) in [5, 5.41) is -0.152. The molecule has 0 radical (unpaired) electrons. The Bertz CT molecular complexity index is 145. The third kappa shape index (κ3) is 7.37. The Morgan fingerprint density at radius 1 is 1.07 bits per heavy atom. The first-order chi connectivity index (χ1) is 6.72. The summed E-state index contributed by atoms with van der Waals surface area (Å²) in [6, 6.07) is 0. The van der Waals surface area contributed by atoms with E-state index in [1.807, 2.05) is 6.92 Å². The zero-order valence-electron chi connectivity index (χ0n) is 9.52. The van der Waals surface area contributed by atoms with E-state index >= 15 is 0 Å². The second kappa shape index (κ2) is 9.51. The first-order valence-electron chi connectivity index (χ1n) is 5.91. The van der Waals surface area contributed by atoms with Crippen LogP contribution in [0, 0.1) is 5.92 Å². The fourth-order valence-corrected chi connectivity index (χ4v) is 1.91. The standard InChI is InChI=1S/C12H23ClO/c1-3-5-6-7-8-9-10-11(4-2)12(13)14/h11H,3-10H2,1-2H3. The van der Waals surface area contributed by atoms with Crippen molar-refractivity contribution < 1.29 is 4.79 Å². The fourth-order valence-electron chi connectivity index (χ4n) is 1.65. The van der Waals surface area contributed by atoms with Gasteiger partial charge in [0.2, 0.25) is 5.24 Å². The van der Waals surface area contributed by atoms with E-state index in [9.17, 15) is 4.79 Å². The van der Waals surface area contributed by atoms with Gasteiger partial charge in [0.25, 0.3) is 0 Å². The minimum Gasteiger partial charge on any atom is -0.281 e. The van der Waals surface area contributed by atoms with Gasteiger partial charge < -0.3 is 0 Å². The zero-order chi connectivity index (χ0) is 10.8. The van der Waals surface area contributed by atoms with Crippen LogP contribution in [0.5, 0.6) is 0 Å². The van der Waals surface area contributed by atoms with Crippen LogP contribution in [0.2, 0.25) is 0 Å². The highest BCUT2D eigenvalue weighted by Crippen LogP contribution is 2.17. The monoisotopic (exact) mass is 218 g/mol. The van der Waals surface area contributed by atoms with Gasteiger partial charge in [-0.1, -0.05) is 52.4 Å². The molecule has 14 heavy (non-hydrogen) atoms. The molecule has 0 bridgehead atoms. The second-order valence-corrected chi connectivity index (χ2v) is 4.34. The quantitative estimate of drug-likeness (QED) is 0.411. The summed E-state index contributed by atoms with van der Waals surface area (Å²) in [4.78, 5) is 10.9. The van der Waals surface area contributed by atoms with Crippen molar-refractivity contribution in [2.24, 2.45) is 5.92 Å². The SMILES string of the molecule is CCCCCCCCC(CC)C(=O)Cl. The molecule has 0 spiro atoms. The zero-order valence-corrected chi connectivity index (χ0v) is 10.3. The average molecular weight is 219 g/mol. The molecule has 0 aromatic rings. The Hall–Kier alpha value is -0.0400. The van der Waals surface area contributed by atoms with Crippen LogP contribution in [0.15, 0.2) is 0 Å². The third-order valence-electron chi connectivity index (χ3n) is 2.72. The Kier molecular flexibility index (Phi) is 9.49. The maximum absolute atomic E-state index is 10.9. The largest absolute Gasteiger partial charge is 0.281 e. The lowest BCUT2D eigenvalue weighted by atomic mass is 9.99. The normalized spacial score (nSPS) is 12.8. The molecular formula is C12H23ClO. The van der Waals surface area contributed by atoms with Crippen LogP contribution in [0.3, 0.4) is 0 Å². The van der Waals surface area contributed by atoms with Crippen LogP contribution in [0.4, 0.5) is 0 Å². The molecular weight excluding hydrogens is 196 g/mol. The second-order valence-electron chi connectivity index (χ2n) is 3.97. The van der Waals surface area contributed by atoms with Gasteiger partial charge in [-0.2, -0.15) is 0 Å². The third-order valence-corrected chi connectivity index (χ3v) is 3.03. The summed E-state index contributed by atoms with van der Waals surface area (Å²) in [6.45, 7) is 4.25. The maximum atomic E-state index is 10.9. The van der Waals surface area contributed by atoms with E-state index in [4.69, 9.17) is 11.6 Å². The van der Waals surface area contributed by atoms with Crippen LogP contribution < -0.4 is 0 Å². The molecule has 1 nitrogen and oxygen atoms in total. The van der Waals surface area contributed by atoms with E-state index in [0.717, 1.165) is 19.3 Å². The molecule has 0 amide bonds. The van der Waals surface area contributed by atoms with Gasteiger partial charge in [-0.05, 0) is 24.4 Å². The fraction of sp³-hybridized carbons (Fsp3) is 0.917. The van der Waals surface area contributed by atoms with E-state index < -0.39 is 0 Å². The van der Waals surface area contributed by atoms with Crippen molar-refractivity contribution in [3.05, 3.63) is 0 Å². The lowest BCUT2D eigenvalue weighted by Crippen LogP contribution is -2.06. The number of rotatable bonds is 9. The lowest BCUT2D eigenvalue weighted by Gasteiger charge is -2.08. The molecule has 0 aromatic heterocycles. The number of hydrogen-bond acceptors (Lipinski definition) is 1. The maximum Gasteiger partial charge on any atom is 0.224 e. The van der Waals surface area contributed by atoms with Crippen molar-refractivity contribution in [3.8, 4) is 0 Å². The molecule has 0 N–H and O–H groups in total. The molecule has 0 aliphatic heterocycles. The highest BCUT2D eigenvalue weighted by atomic mass is 35.5. The number of hydrogen-bond donors (Lipinski definition) is 0. The molecule has 0 rings (SSSR count). The van der Waals surface area contributed by atoms with E-state index in [-0.39, 0.29) is 11.2 Å². The lowest BCUT2D eigenvalue weighted by molar-refractivity contribution is -0.115. The first kappa shape index (κ1) is 14.0. The molecule has 1 atom stereocenters. The molecule has 0 aromatic carbocycles. The molecule has 84 valence electrons. The number of carbonyl (C=O) groups is 1. The minimum atomic E-state index is -0.152. The van der Waals surface area contributed by atoms with Crippen molar-refractivity contribution in [2.45, 2.75) is 65.2 Å². The molecule has 0 saturated heterocycles. The van der Waals surface area contributed by atoms with Crippen LogP contribution in [-0.4, -0.2) is 5.24 Å².